The number of nitrogens with one attached hydrogen (secondary N) is 1. The molecule has 0 saturated carbocycles. The Balaban J connectivity index is 1.80. The summed E-state index contributed by atoms with van der Waals surface area (Å²) in [6.07, 6.45) is 1.02. The Morgan fingerprint density at radius 3 is 2.31 bits per heavy atom. The number of aryl methyl sites for hydroxylation is 3. The predicted molar refractivity (Wildman–Crippen MR) is 127 cm³/mol. The van der Waals surface area contributed by atoms with Gasteiger partial charge in [0.25, 0.3) is 10.0 Å². The van der Waals surface area contributed by atoms with Crippen molar-refractivity contribution in [2.24, 2.45) is 0 Å². The Bertz CT molecular complexity index is 1570. The van der Waals surface area contributed by atoms with Crippen molar-refractivity contribution in [2.75, 3.05) is 11.0 Å². The van der Waals surface area contributed by atoms with Crippen LogP contribution in [0.3, 0.4) is 0 Å². The summed E-state index contributed by atoms with van der Waals surface area (Å²) >= 11 is 2.44. The third kappa shape index (κ3) is 4.17. The first-order chi connectivity index (χ1) is 14.9. The van der Waals surface area contributed by atoms with Crippen LogP contribution in [0.4, 0.5) is 10.1 Å². The summed E-state index contributed by atoms with van der Waals surface area (Å²) in [4.78, 5) is 5.33. The van der Waals surface area contributed by atoms with Crippen LogP contribution in [0, 0.1) is 26.6 Å². The van der Waals surface area contributed by atoms with Crippen LogP contribution in [0.15, 0.2) is 45.5 Å². The van der Waals surface area contributed by atoms with Crippen LogP contribution >= 0.6 is 22.7 Å². The number of aromatic nitrogens is 1. The predicted octanol–water partition coefficient (Wildman–Crippen LogP) is 5.29. The molecule has 1 N–H and O–H groups in total. The molecule has 0 aliphatic heterocycles. The van der Waals surface area contributed by atoms with Crippen LogP contribution in [0.25, 0.3) is 20.7 Å². The smallest absolute Gasteiger partial charge is 0.271 e. The van der Waals surface area contributed by atoms with Crippen LogP contribution in [0.5, 0.6) is 0 Å². The van der Waals surface area contributed by atoms with Crippen LogP contribution in [0.2, 0.25) is 0 Å². The highest BCUT2D eigenvalue weighted by Crippen LogP contribution is 2.37. The molecule has 0 amide bonds. The Kier molecular flexibility index (Phi) is 5.64. The van der Waals surface area contributed by atoms with E-state index in [1.165, 1.54) is 41.7 Å². The second-order valence-electron chi connectivity index (χ2n) is 7.40. The van der Waals surface area contributed by atoms with Gasteiger partial charge in [-0.2, -0.15) is 0 Å². The average Bonchev–Trinajstić information content (AvgIpc) is 3.21. The zero-order valence-electron chi connectivity index (χ0n) is 17.6. The van der Waals surface area contributed by atoms with Crippen LogP contribution in [0.1, 0.15) is 16.1 Å². The van der Waals surface area contributed by atoms with Crippen molar-refractivity contribution in [3.05, 3.63) is 58.3 Å². The molecule has 4 rings (SSSR count). The Morgan fingerprint density at radius 1 is 0.969 bits per heavy atom. The molecule has 0 aliphatic rings. The molecular weight excluding hydrogens is 492 g/mol. The second kappa shape index (κ2) is 7.91. The first-order valence-electron chi connectivity index (χ1n) is 9.37. The van der Waals surface area contributed by atoms with E-state index in [0.717, 1.165) is 28.2 Å². The molecule has 2 aromatic heterocycles. The quantitative estimate of drug-likeness (QED) is 0.394. The lowest BCUT2D eigenvalue weighted by Crippen LogP contribution is -2.15. The van der Waals surface area contributed by atoms with Gasteiger partial charge in [0.1, 0.15) is 15.0 Å². The number of nitrogens with zero attached hydrogens (tertiary/aromatic N) is 1. The van der Waals surface area contributed by atoms with E-state index in [1.54, 1.807) is 13.0 Å². The van der Waals surface area contributed by atoms with Crippen molar-refractivity contribution in [3.8, 4) is 10.6 Å². The summed E-state index contributed by atoms with van der Waals surface area (Å²) in [7, 11) is -7.87. The van der Waals surface area contributed by atoms with Gasteiger partial charge in [-0.25, -0.2) is 26.2 Å². The van der Waals surface area contributed by atoms with Crippen LogP contribution in [-0.4, -0.2) is 28.1 Å². The van der Waals surface area contributed by atoms with Crippen molar-refractivity contribution in [2.45, 2.75) is 29.9 Å². The van der Waals surface area contributed by atoms with E-state index in [1.807, 2.05) is 13.8 Å². The highest BCUT2D eigenvalue weighted by molar-refractivity contribution is 7.95. The number of benzene rings is 2. The number of thiazole rings is 1. The van der Waals surface area contributed by atoms with E-state index in [0.29, 0.717) is 26.2 Å². The fourth-order valence-corrected chi connectivity index (χ4v) is 7.92. The number of sulfonamides is 1. The maximum atomic E-state index is 13.6. The number of rotatable bonds is 5. The zero-order chi connectivity index (χ0) is 23.4. The summed E-state index contributed by atoms with van der Waals surface area (Å²) in [5.41, 5.74) is 1.79. The van der Waals surface area contributed by atoms with Gasteiger partial charge >= 0.3 is 0 Å². The van der Waals surface area contributed by atoms with E-state index in [4.69, 9.17) is 0 Å². The van der Waals surface area contributed by atoms with E-state index >= 15 is 0 Å². The second-order valence-corrected chi connectivity index (χ2v) is 13.5. The molecule has 0 atom stereocenters. The minimum atomic E-state index is -4.11. The molecule has 2 aromatic carbocycles. The first-order valence-corrected chi connectivity index (χ1v) is 14.4. The van der Waals surface area contributed by atoms with Gasteiger partial charge in [-0.15, -0.1) is 22.7 Å². The highest BCUT2D eigenvalue weighted by Gasteiger charge is 2.25. The zero-order valence-corrected chi connectivity index (χ0v) is 20.8. The minimum absolute atomic E-state index is 0.00722. The number of sulfone groups is 1. The molecular formula is C21H19FN2O4S4. The van der Waals surface area contributed by atoms with Crippen molar-refractivity contribution >= 4 is 58.3 Å². The molecule has 0 spiro atoms. The monoisotopic (exact) mass is 510 g/mol. The van der Waals surface area contributed by atoms with Crippen LogP contribution in [-0.2, 0) is 19.9 Å². The lowest BCUT2D eigenvalue weighted by molar-refractivity contribution is 0.602. The van der Waals surface area contributed by atoms with Gasteiger partial charge in [0.2, 0.25) is 0 Å². The summed E-state index contributed by atoms with van der Waals surface area (Å²) in [5, 5.41) is 1.16. The lowest BCUT2D eigenvalue weighted by atomic mass is 10.2. The molecule has 2 heterocycles. The lowest BCUT2D eigenvalue weighted by Gasteiger charge is -2.12. The summed E-state index contributed by atoms with van der Waals surface area (Å²) in [5.74, 6) is -0.460. The molecule has 32 heavy (non-hydrogen) atoms. The standard InChI is InChI=1S/C21H19FN2O4S4/c1-11-16-10-15(22)6-8-18(16)30-21(11)32(27,28)24-17-7-5-14(9-19(17)31(4,25)26)20-23-12(2)13(3)29-20/h5-10,24H,1-4H3. The molecule has 0 fully saturated rings. The van der Waals surface area contributed by atoms with Gasteiger partial charge in [0.15, 0.2) is 9.84 Å². The SMILES string of the molecule is Cc1nc(-c2ccc(NS(=O)(=O)c3sc4ccc(F)cc4c3C)c(S(C)(=O)=O)c2)sc1C. The minimum Gasteiger partial charge on any atom is -0.278 e. The maximum absolute atomic E-state index is 13.6. The van der Waals surface area contributed by atoms with Gasteiger partial charge in [0, 0.05) is 21.4 Å². The molecule has 4 aromatic rings. The van der Waals surface area contributed by atoms with E-state index < -0.39 is 25.7 Å². The van der Waals surface area contributed by atoms with E-state index in [2.05, 4.69) is 9.71 Å². The topological polar surface area (TPSA) is 93.2 Å². The highest BCUT2D eigenvalue weighted by atomic mass is 32.2. The normalized spacial score (nSPS) is 12.4. The number of halogens is 1. The number of fused-ring (bicyclic) bond motifs is 1. The average molecular weight is 511 g/mol. The Morgan fingerprint density at radius 2 is 1.69 bits per heavy atom. The van der Waals surface area contributed by atoms with Gasteiger partial charge in [-0.1, -0.05) is 0 Å². The van der Waals surface area contributed by atoms with E-state index in [-0.39, 0.29) is 14.8 Å². The maximum Gasteiger partial charge on any atom is 0.271 e. The number of hydrogen-bond acceptors (Lipinski definition) is 7. The van der Waals surface area contributed by atoms with Crippen molar-refractivity contribution in [1.29, 1.82) is 0 Å². The molecule has 0 aliphatic carbocycles. The summed E-state index contributed by atoms with van der Waals surface area (Å²) in [6, 6.07) is 8.57. The third-order valence-electron chi connectivity index (χ3n) is 5.00. The van der Waals surface area contributed by atoms with E-state index in [9.17, 15) is 21.2 Å². The molecule has 0 saturated heterocycles. The number of anilines is 1. The van der Waals surface area contributed by atoms with Gasteiger partial charge in [-0.05, 0) is 68.1 Å². The molecule has 11 heteroatoms. The summed E-state index contributed by atoms with van der Waals surface area (Å²) < 4.78 is 68.0. The molecule has 0 bridgehead atoms. The Hall–Kier alpha value is -2.34. The van der Waals surface area contributed by atoms with Gasteiger partial charge in [0.05, 0.1) is 16.3 Å². The third-order valence-corrected chi connectivity index (χ3v) is 10.5. The van der Waals surface area contributed by atoms with Gasteiger partial charge < -0.3 is 0 Å². The molecule has 0 radical (unpaired) electrons. The van der Waals surface area contributed by atoms with Gasteiger partial charge in [-0.3, -0.25) is 4.72 Å². The largest absolute Gasteiger partial charge is 0.278 e. The van der Waals surface area contributed by atoms with Crippen molar-refractivity contribution < 1.29 is 21.2 Å². The molecule has 6 nitrogen and oxygen atoms in total. The number of thiophene rings is 1. The fourth-order valence-electron chi connectivity index (χ4n) is 3.26. The molecule has 0 unspecified atom stereocenters. The summed E-state index contributed by atoms with van der Waals surface area (Å²) in [6.45, 7) is 5.39. The molecule has 168 valence electrons. The Labute approximate surface area is 193 Å². The van der Waals surface area contributed by atoms with Crippen LogP contribution < -0.4 is 4.72 Å². The van der Waals surface area contributed by atoms with Crippen molar-refractivity contribution in [1.82, 2.24) is 4.98 Å². The van der Waals surface area contributed by atoms with Crippen molar-refractivity contribution in [3.63, 3.8) is 0 Å². The first kappa shape index (κ1) is 22.8. The number of hydrogen-bond donors (Lipinski definition) is 1. The fraction of sp³-hybridized carbons (Fsp3) is 0.190.